The van der Waals surface area contributed by atoms with Crippen LogP contribution >= 0.6 is 0 Å². The highest BCUT2D eigenvalue weighted by Crippen LogP contribution is 2.43. The van der Waals surface area contributed by atoms with E-state index >= 15 is 4.39 Å². The first kappa shape index (κ1) is 16.2. The van der Waals surface area contributed by atoms with Crippen molar-refractivity contribution in [2.45, 2.75) is 31.4 Å². The SMILES string of the molecule is COc1cc2c(cc1OC)C(=O)C(F)(CC1CCN(C)CC1)C2. The van der Waals surface area contributed by atoms with E-state index in [1.165, 1.54) is 7.11 Å². The van der Waals surface area contributed by atoms with Gasteiger partial charge in [0.05, 0.1) is 14.2 Å². The van der Waals surface area contributed by atoms with Crippen LogP contribution < -0.4 is 9.47 Å². The molecule has 4 nitrogen and oxygen atoms in total. The molecule has 1 unspecified atom stereocenters. The van der Waals surface area contributed by atoms with E-state index in [-0.39, 0.29) is 12.3 Å². The molecular formula is C18H24FNO3. The standard InChI is InChI=1S/C18H24FNO3/c1-20-6-4-12(5-7-20)10-18(19)11-13-8-15(22-2)16(23-3)9-14(13)17(18)21/h8-9,12H,4-7,10-11H2,1-3H3. The summed E-state index contributed by atoms with van der Waals surface area (Å²) >= 11 is 0. The van der Waals surface area contributed by atoms with E-state index in [2.05, 4.69) is 11.9 Å². The summed E-state index contributed by atoms with van der Waals surface area (Å²) in [5, 5.41) is 0. The number of fused-ring (bicyclic) bond motifs is 1. The first-order chi connectivity index (χ1) is 11.0. The van der Waals surface area contributed by atoms with E-state index in [1.807, 2.05) is 0 Å². The van der Waals surface area contributed by atoms with Crippen LogP contribution in [0.4, 0.5) is 4.39 Å². The van der Waals surface area contributed by atoms with Gasteiger partial charge in [-0.15, -0.1) is 0 Å². The third kappa shape index (κ3) is 2.94. The van der Waals surface area contributed by atoms with Crippen molar-refractivity contribution in [2.24, 2.45) is 5.92 Å². The minimum Gasteiger partial charge on any atom is -0.493 e. The van der Waals surface area contributed by atoms with Crippen molar-refractivity contribution in [3.05, 3.63) is 23.3 Å². The molecule has 126 valence electrons. The maximum Gasteiger partial charge on any atom is 0.200 e. The van der Waals surface area contributed by atoms with Crippen LogP contribution in [0.1, 0.15) is 35.2 Å². The Labute approximate surface area is 136 Å². The molecule has 1 fully saturated rings. The number of likely N-dealkylation sites (tertiary alicyclic amines) is 1. The van der Waals surface area contributed by atoms with Gasteiger partial charge < -0.3 is 14.4 Å². The molecule has 1 aliphatic heterocycles. The minimum absolute atomic E-state index is 0.147. The number of carbonyl (C=O) groups excluding carboxylic acids is 1. The number of ether oxygens (including phenoxy) is 2. The smallest absolute Gasteiger partial charge is 0.200 e. The molecule has 0 spiro atoms. The number of Topliss-reactive ketones (excluding diaryl/α,β-unsaturated/α-hetero) is 1. The molecule has 0 N–H and O–H groups in total. The molecule has 23 heavy (non-hydrogen) atoms. The van der Waals surface area contributed by atoms with E-state index < -0.39 is 11.5 Å². The number of ketones is 1. The van der Waals surface area contributed by atoms with Gasteiger partial charge in [-0.1, -0.05) is 0 Å². The first-order valence-corrected chi connectivity index (χ1v) is 8.14. The van der Waals surface area contributed by atoms with Gasteiger partial charge in [0.1, 0.15) is 0 Å². The molecule has 1 heterocycles. The molecule has 1 aromatic carbocycles. The van der Waals surface area contributed by atoms with Crippen LogP contribution in [0.5, 0.6) is 11.5 Å². The maximum absolute atomic E-state index is 15.4. The van der Waals surface area contributed by atoms with Gasteiger partial charge in [0.15, 0.2) is 17.2 Å². The molecule has 1 aliphatic carbocycles. The lowest BCUT2D eigenvalue weighted by Crippen LogP contribution is -2.37. The van der Waals surface area contributed by atoms with Gasteiger partial charge in [0, 0.05) is 12.0 Å². The predicted octanol–water partition coefficient (Wildman–Crippen LogP) is 2.88. The number of carbonyl (C=O) groups is 1. The summed E-state index contributed by atoms with van der Waals surface area (Å²) in [4.78, 5) is 14.9. The van der Waals surface area contributed by atoms with E-state index in [9.17, 15) is 4.79 Å². The highest BCUT2D eigenvalue weighted by Gasteiger charge is 2.48. The van der Waals surface area contributed by atoms with Crippen LogP contribution in [-0.4, -0.2) is 50.7 Å². The molecule has 2 aliphatic rings. The van der Waals surface area contributed by atoms with Gasteiger partial charge in [0.2, 0.25) is 5.78 Å². The van der Waals surface area contributed by atoms with Crippen LogP contribution in [0.3, 0.4) is 0 Å². The second-order valence-corrected chi connectivity index (χ2v) is 6.79. The molecule has 5 heteroatoms. The van der Waals surface area contributed by atoms with Gasteiger partial charge in [-0.2, -0.15) is 0 Å². The van der Waals surface area contributed by atoms with Crippen LogP contribution in [-0.2, 0) is 6.42 Å². The number of hydrogen-bond acceptors (Lipinski definition) is 4. The van der Waals surface area contributed by atoms with Crippen molar-refractivity contribution in [1.29, 1.82) is 0 Å². The summed E-state index contributed by atoms with van der Waals surface area (Å²) in [7, 11) is 5.14. The average Bonchev–Trinajstić information content (AvgIpc) is 2.79. The number of piperidine rings is 1. The largest absolute Gasteiger partial charge is 0.493 e. The van der Waals surface area contributed by atoms with E-state index in [1.54, 1.807) is 19.2 Å². The zero-order valence-electron chi connectivity index (χ0n) is 14.0. The van der Waals surface area contributed by atoms with E-state index in [0.29, 0.717) is 23.5 Å². The summed E-state index contributed by atoms with van der Waals surface area (Å²) in [6, 6.07) is 3.36. The van der Waals surface area contributed by atoms with Crippen LogP contribution in [0.2, 0.25) is 0 Å². The fraction of sp³-hybridized carbons (Fsp3) is 0.611. The lowest BCUT2D eigenvalue weighted by molar-refractivity contribution is 0.0603. The molecule has 0 amide bonds. The zero-order valence-corrected chi connectivity index (χ0v) is 14.0. The highest BCUT2D eigenvalue weighted by molar-refractivity contribution is 6.07. The molecule has 0 bridgehead atoms. The molecule has 0 radical (unpaired) electrons. The Balaban J connectivity index is 1.81. The maximum atomic E-state index is 15.4. The summed E-state index contributed by atoms with van der Waals surface area (Å²) in [6.45, 7) is 1.95. The number of benzene rings is 1. The zero-order chi connectivity index (χ0) is 16.6. The Morgan fingerprint density at radius 2 is 1.83 bits per heavy atom. The lowest BCUT2D eigenvalue weighted by atomic mass is 9.83. The van der Waals surface area contributed by atoms with E-state index in [0.717, 1.165) is 31.5 Å². The monoisotopic (exact) mass is 321 g/mol. The second-order valence-electron chi connectivity index (χ2n) is 6.79. The second kappa shape index (κ2) is 6.11. The highest BCUT2D eigenvalue weighted by atomic mass is 19.1. The minimum atomic E-state index is -1.78. The van der Waals surface area contributed by atoms with Crippen LogP contribution in [0, 0.1) is 5.92 Å². The van der Waals surface area contributed by atoms with Gasteiger partial charge >= 0.3 is 0 Å². The number of methoxy groups -OCH3 is 2. The van der Waals surface area contributed by atoms with Crippen LogP contribution in [0.25, 0.3) is 0 Å². The third-order valence-corrected chi connectivity index (χ3v) is 5.18. The number of rotatable bonds is 4. The van der Waals surface area contributed by atoms with Crippen molar-refractivity contribution >= 4 is 5.78 Å². The lowest BCUT2D eigenvalue weighted by Gasteiger charge is -2.32. The van der Waals surface area contributed by atoms with Crippen molar-refractivity contribution in [1.82, 2.24) is 4.90 Å². The molecule has 3 rings (SSSR count). The summed E-state index contributed by atoms with van der Waals surface area (Å²) in [5.41, 5.74) is -0.610. The molecular weight excluding hydrogens is 297 g/mol. The normalized spacial score (nSPS) is 25.5. The Kier molecular flexibility index (Phi) is 4.32. The van der Waals surface area contributed by atoms with Gasteiger partial charge in [-0.3, -0.25) is 4.79 Å². The van der Waals surface area contributed by atoms with Gasteiger partial charge in [-0.25, -0.2) is 4.39 Å². The quantitative estimate of drug-likeness (QED) is 0.855. The summed E-state index contributed by atoms with van der Waals surface area (Å²) < 4.78 is 25.9. The Morgan fingerprint density at radius 1 is 1.22 bits per heavy atom. The number of alkyl halides is 1. The molecule has 1 atom stereocenters. The van der Waals surface area contributed by atoms with E-state index in [4.69, 9.17) is 9.47 Å². The summed E-state index contributed by atoms with van der Waals surface area (Å²) in [6.07, 6.45) is 2.38. The topological polar surface area (TPSA) is 38.8 Å². The molecule has 0 aromatic heterocycles. The fourth-order valence-electron chi connectivity index (χ4n) is 3.79. The Morgan fingerprint density at radius 3 is 2.43 bits per heavy atom. The Hall–Kier alpha value is -1.62. The van der Waals surface area contributed by atoms with Crippen molar-refractivity contribution in [3.63, 3.8) is 0 Å². The average molecular weight is 321 g/mol. The third-order valence-electron chi connectivity index (χ3n) is 5.18. The number of nitrogens with zero attached hydrogens (tertiary/aromatic N) is 1. The van der Waals surface area contributed by atoms with Crippen LogP contribution in [0.15, 0.2) is 12.1 Å². The molecule has 1 aromatic rings. The van der Waals surface area contributed by atoms with Gasteiger partial charge in [0.25, 0.3) is 0 Å². The van der Waals surface area contributed by atoms with Gasteiger partial charge in [-0.05, 0) is 63.0 Å². The molecule has 0 saturated carbocycles. The van der Waals surface area contributed by atoms with Crippen molar-refractivity contribution < 1.29 is 18.7 Å². The summed E-state index contributed by atoms with van der Waals surface area (Å²) in [5.74, 6) is 0.899. The number of halogens is 1. The molecule has 1 saturated heterocycles. The fourth-order valence-corrected chi connectivity index (χ4v) is 3.79. The first-order valence-electron chi connectivity index (χ1n) is 8.14. The Bertz CT molecular complexity index is 611. The van der Waals surface area contributed by atoms with Crippen molar-refractivity contribution in [3.8, 4) is 11.5 Å². The van der Waals surface area contributed by atoms with Crippen molar-refractivity contribution in [2.75, 3.05) is 34.4 Å². The number of hydrogen-bond donors (Lipinski definition) is 0. The predicted molar refractivity (Wildman–Crippen MR) is 86.3 cm³/mol.